The molecular weight excluding hydrogens is 350 g/mol. The first-order valence-corrected chi connectivity index (χ1v) is 9.41. The highest BCUT2D eigenvalue weighted by atomic mass is 32.2. The van der Waals surface area contributed by atoms with E-state index in [1.807, 2.05) is 13.8 Å². The van der Waals surface area contributed by atoms with Gasteiger partial charge in [-0.3, -0.25) is 15.0 Å². The lowest BCUT2D eigenvalue weighted by Gasteiger charge is -2.35. The lowest BCUT2D eigenvalue weighted by Crippen LogP contribution is -2.47. The van der Waals surface area contributed by atoms with Crippen molar-refractivity contribution in [1.82, 2.24) is 9.62 Å². The average molecular weight is 373 g/mol. The second-order valence-corrected chi connectivity index (χ2v) is 7.77. The second-order valence-electron chi connectivity index (χ2n) is 6.01. The zero-order valence-corrected chi connectivity index (χ0v) is 15.3. The molecule has 0 aliphatic carbocycles. The van der Waals surface area contributed by atoms with E-state index < -0.39 is 14.9 Å². The summed E-state index contributed by atoms with van der Waals surface area (Å²) in [5, 5.41) is 11.0. The smallest absolute Gasteiger partial charge is 0.312 e. The molecule has 1 fully saturated rings. The number of morpholine rings is 1. The molecule has 1 aliphatic rings. The Bertz CT molecular complexity index is 714. The molecule has 2 atom stereocenters. The van der Waals surface area contributed by atoms with Crippen molar-refractivity contribution in [3.63, 3.8) is 0 Å². The van der Waals surface area contributed by atoms with Crippen molar-refractivity contribution in [1.29, 1.82) is 0 Å². The lowest BCUT2D eigenvalue weighted by atomic mass is 10.2. The van der Waals surface area contributed by atoms with E-state index in [2.05, 4.69) is 9.62 Å². The molecule has 1 N–H and O–H groups in total. The normalized spacial score (nSPS) is 21.9. The van der Waals surface area contributed by atoms with Gasteiger partial charge in [-0.05, 0) is 26.0 Å². The summed E-state index contributed by atoms with van der Waals surface area (Å²) in [6.07, 6.45) is 0.203. The number of nitro groups is 1. The predicted molar refractivity (Wildman–Crippen MR) is 91.3 cm³/mol. The molecule has 0 amide bonds. The van der Waals surface area contributed by atoms with Crippen LogP contribution in [-0.4, -0.2) is 63.7 Å². The molecule has 0 radical (unpaired) electrons. The molecule has 140 valence electrons. The van der Waals surface area contributed by atoms with E-state index in [-0.39, 0.29) is 35.1 Å². The van der Waals surface area contributed by atoms with Gasteiger partial charge in [-0.25, -0.2) is 13.1 Å². The molecule has 1 aromatic rings. The van der Waals surface area contributed by atoms with Gasteiger partial charge in [0.2, 0.25) is 10.0 Å². The highest BCUT2D eigenvalue weighted by Gasteiger charge is 2.24. The third-order valence-electron chi connectivity index (χ3n) is 3.87. The van der Waals surface area contributed by atoms with Crippen molar-refractivity contribution in [3.05, 3.63) is 28.3 Å². The van der Waals surface area contributed by atoms with E-state index in [9.17, 15) is 18.5 Å². The van der Waals surface area contributed by atoms with Gasteiger partial charge >= 0.3 is 5.69 Å². The van der Waals surface area contributed by atoms with Crippen molar-refractivity contribution >= 4 is 15.7 Å². The van der Waals surface area contributed by atoms with E-state index in [1.165, 1.54) is 19.2 Å². The summed E-state index contributed by atoms with van der Waals surface area (Å²) in [4.78, 5) is 12.3. The summed E-state index contributed by atoms with van der Waals surface area (Å²) in [6, 6.07) is 3.56. The van der Waals surface area contributed by atoms with Crippen LogP contribution in [0.5, 0.6) is 5.75 Å². The number of hydrogen-bond acceptors (Lipinski definition) is 7. The van der Waals surface area contributed by atoms with Gasteiger partial charge in [0.05, 0.1) is 29.1 Å². The van der Waals surface area contributed by atoms with E-state index in [0.29, 0.717) is 6.54 Å². The standard InChI is InChI=1S/C15H23N3O6S/c1-11-9-17(10-12(2)24-11)7-6-16-25(21,22)13-4-5-15(23-3)14(8-13)18(19)20/h4-5,8,11-12,16H,6-7,9-10H2,1-3H3. The number of benzene rings is 1. The Balaban J connectivity index is 2.02. The van der Waals surface area contributed by atoms with Gasteiger partial charge in [0.1, 0.15) is 0 Å². The number of nitro benzene ring substituents is 1. The topological polar surface area (TPSA) is 111 Å². The Hall–Kier alpha value is -1.75. The molecule has 1 heterocycles. The summed E-state index contributed by atoms with van der Waals surface area (Å²) in [5.41, 5.74) is -0.388. The number of nitrogens with zero attached hydrogens (tertiary/aromatic N) is 2. The minimum atomic E-state index is -3.84. The number of nitrogens with one attached hydrogen (secondary N) is 1. The van der Waals surface area contributed by atoms with Crippen LogP contribution >= 0.6 is 0 Å². The molecule has 9 nitrogen and oxygen atoms in total. The van der Waals surface area contributed by atoms with Crippen LogP contribution in [0.4, 0.5) is 5.69 Å². The maximum absolute atomic E-state index is 12.4. The van der Waals surface area contributed by atoms with Gasteiger partial charge in [-0.2, -0.15) is 0 Å². The number of sulfonamides is 1. The number of methoxy groups -OCH3 is 1. The highest BCUT2D eigenvalue weighted by Crippen LogP contribution is 2.29. The third kappa shape index (κ3) is 5.11. The minimum absolute atomic E-state index is 0.0141. The fourth-order valence-electron chi connectivity index (χ4n) is 2.87. The number of ether oxygens (including phenoxy) is 2. The fraction of sp³-hybridized carbons (Fsp3) is 0.600. The van der Waals surface area contributed by atoms with Crippen LogP contribution in [-0.2, 0) is 14.8 Å². The van der Waals surface area contributed by atoms with Crippen LogP contribution in [0.2, 0.25) is 0 Å². The molecule has 2 rings (SSSR count). The zero-order chi connectivity index (χ0) is 18.6. The summed E-state index contributed by atoms with van der Waals surface area (Å²) in [7, 11) is -2.55. The van der Waals surface area contributed by atoms with Crippen LogP contribution in [0.1, 0.15) is 13.8 Å². The van der Waals surface area contributed by atoms with Gasteiger partial charge in [0.25, 0.3) is 0 Å². The molecule has 1 saturated heterocycles. The first kappa shape index (κ1) is 19.6. The SMILES string of the molecule is COc1ccc(S(=O)(=O)NCCN2CC(C)OC(C)C2)cc1[N+](=O)[O-]. The molecule has 1 aliphatic heterocycles. The second kappa shape index (κ2) is 8.09. The van der Waals surface area contributed by atoms with Crippen molar-refractivity contribution in [2.24, 2.45) is 0 Å². The van der Waals surface area contributed by atoms with Crippen molar-refractivity contribution in [3.8, 4) is 5.75 Å². The van der Waals surface area contributed by atoms with Crippen LogP contribution in [0.3, 0.4) is 0 Å². The maximum atomic E-state index is 12.4. The summed E-state index contributed by atoms with van der Waals surface area (Å²) < 4.78 is 37.7. The molecule has 0 aromatic heterocycles. The molecule has 25 heavy (non-hydrogen) atoms. The van der Waals surface area contributed by atoms with Crippen LogP contribution in [0.15, 0.2) is 23.1 Å². The lowest BCUT2D eigenvalue weighted by molar-refractivity contribution is -0.386. The Morgan fingerprint density at radius 1 is 1.36 bits per heavy atom. The van der Waals surface area contributed by atoms with Gasteiger partial charge < -0.3 is 9.47 Å². The predicted octanol–water partition coefficient (Wildman–Crippen LogP) is 0.991. The number of hydrogen-bond donors (Lipinski definition) is 1. The summed E-state index contributed by atoms with van der Waals surface area (Å²) in [5.74, 6) is 0.0141. The zero-order valence-electron chi connectivity index (χ0n) is 14.5. The highest BCUT2D eigenvalue weighted by molar-refractivity contribution is 7.89. The Morgan fingerprint density at radius 2 is 2.00 bits per heavy atom. The van der Waals surface area contributed by atoms with Gasteiger partial charge in [-0.1, -0.05) is 0 Å². The molecule has 1 aromatic carbocycles. The number of rotatable bonds is 7. The van der Waals surface area contributed by atoms with Crippen molar-refractivity contribution in [2.45, 2.75) is 31.0 Å². The first-order chi connectivity index (χ1) is 11.7. The van der Waals surface area contributed by atoms with E-state index >= 15 is 0 Å². The largest absolute Gasteiger partial charge is 0.490 e. The van der Waals surface area contributed by atoms with Crippen LogP contribution < -0.4 is 9.46 Å². The molecule has 0 spiro atoms. The van der Waals surface area contributed by atoms with Gasteiger partial charge in [-0.15, -0.1) is 0 Å². The molecule has 0 bridgehead atoms. The average Bonchev–Trinajstić information content (AvgIpc) is 2.53. The molecule has 10 heteroatoms. The van der Waals surface area contributed by atoms with Crippen LogP contribution in [0.25, 0.3) is 0 Å². The minimum Gasteiger partial charge on any atom is -0.490 e. The van der Waals surface area contributed by atoms with Gasteiger partial charge in [0.15, 0.2) is 5.75 Å². The summed E-state index contributed by atoms with van der Waals surface area (Å²) >= 11 is 0. The first-order valence-electron chi connectivity index (χ1n) is 7.93. The van der Waals surface area contributed by atoms with E-state index in [1.54, 1.807) is 0 Å². The Kier molecular flexibility index (Phi) is 6.33. The fourth-order valence-corrected chi connectivity index (χ4v) is 3.91. The molecule has 0 saturated carbocycles. The van der Waals surface area contributed by atoms with Gasteiger partial charge in [0, 0.05) is 32.2 Å². The van der Waals surface area contributed by atoms with E-state index in [0.717, 1.165) is 19.2 Å². The Morgan fingerprint density at radius 3 is 2.56 bits per heavy atom. The van der Waals surface area contributed by atoms with E-state index in [4.69, 9.17) is 9.47 Å². The molecular formula is C15H23N3O6S. The van der Waals surface area contributed by atoms with Crippen molar-refractivity contribution < 1.29 is 22.8 Å². The maximum Gasteiger partial charge on any atom is 0.312 e. The third-order valence-corrected chi connectivity index (χ3v) is 5.33. The Labute approximate surface area is 147 Å². The van der Waals surface area contributed by atoms with Crippen molar-refractivity contribution in [2.75, 3.05) is 33.3 Å². The quantitative estimate of drug-likeness (QED) is 0.560. The summed E-state index contributed by atoms with van der Waals surface area (Å²) in [6.45, 7) is 6.17. The monoisotopic (exact) mass is 373 g/mol. The van der Waals surface area contributed by atoms with Crippen LogP contribution in [0, 0.1) is 10.1 Å². The molecule has 2 unspecified atom stereocenters.